The van der Waals surface area contributed by atoms with Crippen LogP contribution in [0.2, 0.25) is 0 Å². The van der Waals surface area contributed by atoms with Gasteiger partial charge in [0, 0.05) is 41.8 Å². The maximum Gasteiger partial charge on any atom is 0.353 e. The van der Waals surface area contributed by atoms with Gasteiger partial charge in [-0.2, -0.15) is 4.98 Å². The van der Waals surface area contributed by atoms with E-state index in [2.05, 4.69) is 40.7 Å². The summed E-state index contributed by atoms with van der Waals surface area (Å²) >= 11 is 0. The largest absolute Gasteiger partial charge is 0.385 e. The lowest BCUT2D eigenvalue weighted by atomic mass is 9.97. The van der Waals surface area contributed by atoms with Crippen molar-refractivity contribution in [2.75, 3.05) is 19.0 Å². The molecule has 3 unspecified atom stereocenters. The monoisotopic (exact) mass is 651 g/mol. The van der Waals surface area contributed by atoms with Crippen LogP contribution >= 0.6 is 18.5 Å². The van der Waals surface area contributed by atoms with E-state index in [1.165, 1.54) is 10.8 Å². The summed E-state index contributed by atoms with van der Waals surface area (Å²) < 4.78 is 22.3. The van der Waals surface area contributed by atoms with Crippen molar-refractivity contribution in [2.24, 2.45) is 4.99 Å². The molecule has 1 aliphatic carbocycles. The number of aromatic nitrogens is 4. The van der Waals surface area contributed by atoms with Crippen LogP contribution in [0.15, 0.2) is 80.1 Å². The molecular weight excluding hydrogens is 611 g/mol. The number of H-pyrrole nitrogens is 1. The van der Waals surface area contributed by atoms with Gasteiger partial charge in [-0.3, -0.25) is 24.3 Å². The second-order valence-corrected chi connectivity index (χ2v) is 12.0. The van der Waals surface area contributed by atoms with E-state index >= 15 is 0 Å². The fourth-order valence-corrected chi connectivity index (χ4v) is 5.95. The molecule has 1 aromatic carbocycles. The number of benzene rings is 1. The van der Waals surface area contributed by atoms with Crippen LogP contribution in [-0.2, 0) is 17.8 Å². The quantitative estimate of drug-likeness (QED) is 0.205. The van der Waals surface area contributed by atoms with Crippen LogP contribution in [0.25, 0.3) is 0 Å². The first-order valence-corrected chi connectivity index (χ1v) is 15.9. The Bertz CT molecular complexity index is 1850. The summed E-state index contributed by atoms with van der Waals surface area (Å²) in [5, 5.41) is 13.1. The molecule has 13 heteroatoms. The summed E-state index contributed by atoms with van der Waals surface area (Å²) in [6, 6.07) is 6.76. The smallest absolute Gasteiger partial charge is 0.353 e. The van der Waals surface area contributed by atoms with Gasteiger partial charge in [0.15, 0.2) is 0 Å². The van der Waals surface area contributed by atoms with E-state index in [1.807, 2.05) is 32.1 Å². The highest BCUT2D eigenvalue weighted by Gasteiger charge is 2.19. The fourth-order valence-electron chi connectivity index (χ4n) is 5.02. The van der Waals surface area contributed by atoms with Gasteiger partial charge < -0.3 is 15.0 Å². The summed E-state index contributed by atoms with van der Waals surface area (Å²) in [5.41, 5.74) is 3.17. The molecule has 3 atom stereocenters. The van der Waals surface area contributed by atoms with Crippen LogP contribution in [0.4, 0.5) is 10.3 Å². The third-order valence-electron chi connectivity index (χ3n) is 7.57. The standard InChI is InChI=1S/C32H40FN7O3P2/c1-5-21-16-24(19(3)13-25(21)36-23(6-2)10-8-12-43-4)37-31-38-32(42)40(18-22-9-7-11-35-29(22)41)30(34)39(31)17-20-14-26(44)28(33)27(45)15-20/h5,7,9,11,13-16,23,34H,6,8,10,12,17-18,44-45H2,1-4H3,(H,35,41)(H,37,38,42)/b21-5-,34-30?,36-25?. The molecule has 3 aromatic rings. The highest BCUT2D eigenvalue weighted by molar-refractivity contribution is 7.29. The van der Waals surface area contributed by atoms with Crippen molar-refractivity contribution in [1.29, 1.82) is 5.41 Å². The van der Waals surface area contributed by atoms with Gasteiger partial charge >= 0.3 is 5.69 Å². The number of pyridine rings is 1. The van der Waals surface area contributed by atoms with Gasteiger partial charge in [0.25, 0.3) is 5.56 Å². The number of hydrogen-bond donors (Lipinski definition) is 3. The number of hydrogen-bond acceptors (Lipinski definition) is 7. The molecule has 1 aliphatic rings. The lowest BCUT2D eigenvalue weighted by molar-refractivity contribution is 0.190. The molecule has 0 saturated heterocycles. The average Bonchev–Trinajstić information content (AvgIpc) is 3.01. The van der Waals surface area contributed by atoms with Gasteiger partial charge in [-0.15, -0.1) is 18.5 Å². The number of methoxy groups -OCH3 is 1. The SMILES string of the molecule is C/C=C1/C=C(Nc2nc(=O)n(Cc3ccc[nH]c3=O)c(=N)n2Cc2cc(P)c(F)c(P)c2)C(C)=CC1=NC(CC)CCCOC. The van der Waals surface area contributed by atoms with Gasteiger partial charge in [-0.05, 0) is 80.2 Å². The Labute approximate surface area is 266 Å². The van der Waals surface area contributed by atoms with Crippen LogP contribution in [0, 0.1) is 11.2 Å². The number of nitrogens with one attached hydrogen (secondary N) is 3. The zero-order valence-corrected chi connectivity index (χ0v) is 28.3. The Morgan fingerprint density at radius 1 is 1.20 bits per heavy atom. The second kappa shape index (κ2) is 15.5. The predicted octanol–water partition coefficient (Wildman–Crippen LogP) is 3.30. The van der Waals surface area contributed by atoms with Gasteiger partial charge in [-0.25, -0.2) is 9.18 Å². The highest BCUT2D eigenvalue weighted by Crippen LogP contribution is 2.24. The molecule has 0 fully saturated rings. The molecule has 0 spiro atoms. The van der Waals surface area contributed by atoms with Crippen molar-refractivity contribution in [3.63, 3.8) is 0 Å². The average molecular weight is 652 g/mol. The van der Waals surface area contributed by atoms with E-state index in [-0.39, 0.29) is 42.1 Å². The topological polar surface area (TPSA) is 130 Å². The lowest BCUT2D eigenvalue weighted by Crippen LogP contribution is -2.44. The van der Waals surface area contributed by atoms with E-state index in [9.17, 15) is 14.0 Å². The van der Waals surface area contributed by atoms with Crippen molar-refractivity contribution in [3.05, 3.63) is 109 Å². The molecule has 0 saturated carbocycles. The summed E-state index contributed by atoms with van der Waals surface area (Å²) in [7, 11) is 6.47. The Kier molecular flexibility index (Phi) is 11.7. The maximum atomic E-state index is 14.4. The molecule has 0 bridgehead atoms. The van der Waals surface area contributed by atoms with Crippen molar-refractivity contribution < 1.29 is 9.13 Å². The molecule has 10 nitrogen and oxygen atoms in total. The Hall–Kier alpha value is -3.78. The molecule has 2 aromatic heterocycles. The number of nitrogens with zero attached hydrogens (tertiary/aromatic N) is 4. The molecule has 0 aliphatic heterocycles. The van der Waals surface area contributed by atoms with Crippen molar-refractivity contribution in [1.82, 2.24) is 19.1 Å². The van der Waals surface area contributed by atoms with E-state index in [1.54, 1.807) is 31.4 Å². The normalized spacial score (nSPS) is 15.7. The van der Waals surface area contributed by atoms with Crippen LogP contribution in [-0.4, -0.2) is 44.6 Å². The number of halogens is 1. The van der Waals surface area contributed by atoms with Crippen molar-refractivity contribution in [3.8, 4) is 0 Å². The Balaban J connectivity index is 1.77. The van der Waals surface area contributed by atoms with Crippen molar-refractivity contribution in [2.45, 2.75) is 59.2 Å². The third-order valence-corrected chi connectivity index (χ3v) is 8.41. The number of ether oxygens (including phenoxy) is 1. The summed E-state index contributed by atoms with van der Waals surface area (Å²) in [4.78, 5) is 37.7. The first kappa shape index (κ1) is 34.1. The first-order valence-electron chi connectivity index (χ1n) is 14.7. The van der Waals surface area contributed by atoms with Gasteiger partial charge in [0.05, 0.1) is 24.8 Å². The molecule has 4 rings (SSSR count). The molecule has 0 amide bonds. The van der Waals surface area contributed by atoms with E-state index in [0.717, 1.165) is 40.7 Å². The lowest BCUT2D eigenvalue weighted by Gasteiger charge is -2.22. The van der Waals surface area contributed by atoms with Crippen LogP contribution < -0.4 is 32.8 Å². The zero-order valence-electron chi connectivity index (χ0n) is 26.0. The molecule has 0 radical (unpaired) electrons. The van der Waals surface area contributed by atoms with Crippen LogP contribution in [0.1, 0.15) is 51.2 Å². The molecular formula is C32H40FN7O3P2. The number of aromatic amines is 1. The molecule has 2 heterocycles. The maximum absolute atomic E-state index is 14.4. The summed E-state index contributed by atoms with van der Waals surface area (Å²) in [5.74, 6) is -0.216. The minimum atomic E-state index is -0.687. The van der Waals surface area contributed by atoms with Gasteiger partial charge in [0.1, 0.15) is 5.82 Å². The number of aliphatic imine (C=N–C) groups is 1. The first-order chi connectivity index (χ1) is 21.6. The minimum absolute atomic E-state index is 0.113. The van der Waals surface area contributed by atoms with E-state index in [4.69, 9.17) is 15.1 Å². The summed E-state index contributed by atoms with van der Waals surface area (Å²) in [6.07, 6.45) is 10.2. The third kappa shape index (κ3) is 8.28. The molecule has 45 heavy (non-hydrogen) atoms. The van der Waals surface area contributed by atoms with Crippen molar-refractivity contribution >= 4 is 40.7 Å². The molecule has 3 N–H and O–H groups in total. The summed E-state index contributed by atoms with van der Waals surface area (Å²) in [6.45, 7) is 6.69. The van der Waals surface area contributed by atoms with Gasteiger partial charge in [0.2, 0.25) is 11.6 Å². The zero-order chi connectivity index (χ0) is 32.7. The predicted molar refractivity (Wildman–Crippen MR) is 185 cm³/mol. The minimum Gasteiger partial charge on any atom is -0.385 e. The Morgan fingerprint density at radius 3 is 2.58 bits per heavy atom. The van der Waals surface area contributed by atoms with E-state index < -0.39 is 5.69 Å². The number of rotatable bonds is 12. The van der Waals surface area contributed by atoms with Crippen LogP contribution in [0.3, 0.4) is 0 Å². The van der Waals surface area contributed by atoms with E-state index in [0.29, 0.717) is 34.0 Å². The molecule has 238 valence electrons. The second-order valence-electron chi connectivity index (χ2n) is 10.8. The fraction of sp³-hybridized carbons (Fsp3) is 0.344. The van der Waals surface area contributed by atoms with Crippen LogP contribution in [0.5, 0.6) is 0 Å². The highest BCUT2D eigenvalue weighted by atomic mass is 31.0. The Morgan fingerprint density at radius 2 is 1.93 bits per heavy atom. The number of allylic oxidation sites excluding steroid dienone is 5. The van der Waals surface area contributed by atoms with Gasteiger partial charge in [-0.1, -0.05) is 19.1 Å². The number of anilines is 1.